The van der Waals surface area contributed by atoms with E-state index in [1.807, 2.05) is 0 Å². The number of rotatable bonds is 5. The maximum atomic E-state index is 12.2. The summed E-state index contributed by atoms with van der Waals surface area (Å²) in [4.78, 5) is 17.1. The molecule has 0 N–H and O–H groups in total. The highest BCUT2D eigenvalue weighted by Crippen LogP contribution is 2.23. The molecule has 1 rings (SSSR count). The minimum absolute atomic E-state index is 0.0742. The van der Waals surface area contributed by atoms with Gasteiger partial charge in [-0.05, 0) is 26.8 Å². The number of aromatic nitrogens is 1. The van der Waals surface area contributed by atoms with Gasteiger partial charge in [0.05, 0.1) is 13.7 Å². The SMILES string of the molecule is COc1nc(OCC(F)(F)F)ccc1CN(C)C(=O)OC(C)(C)C. The van der Waals surface area contributed by atoms with Crippen LogP contribution in [0.1, 0.15) is 26.3 Å². The summed E-state index contributed by atoms with van der Waals surface area (Å²) in [6, 6.07) is 2.77. The van der Waals surface area contributed by atoms with E-state index in [0.29, 0.717) is 5.56 Å². The second-order valence-corrected chi connectivity index (χ2v) is 6.06. The molecule has 0 aliphatic rings. The first-order valence-corrected chi connectivity index (χ1v) is 7.09. The highest BCUT2D eigenvalue weighted by molar-refractivity contribution is 5.67. The number of hydrogen-bond donors (Lipinski definition) is 0. The van der Waals surface area contributed by atoms with Crippen molar-refractivity contribution in [2.45, 2.75) is 39.1 Å². The number of carbonyl (C=O) groups is 1. The molecule has 0 fully saturated rings. The van der Waals surface area contributed by atoms with Gasteiger partial charge in [-0.15, -0.1) is 0 Å². The van der Waals surface area contributed by atoms with Crippen LogP contribution >= 0.6 is 0 Å². The number of alkyl halides is 3. The third kappa shape index (κ3) is 6.93. The van der Waals surface area contributed by atoms with Crippen molar-refractivity contribution in [3.63, 3.8) is 0 Å². The predicted octanol–water partition coefficient (Wildman–Crippen LogP) is 3.40. The molecule has 136 valence electrons. The molecule has 1 aromatic heterocycles. The number of methoxy groups -OCH3 is 1. The molecule has 0 saturated carbocycles. The molecule has 1 amide bonds. The topological polar surface area (TPSA) is 60.9 Å². The highest BCUT2D eigenvalue weighted by Gasteiger charge is 2.29. The molecule has 0 spiro atoms. The molecule has 0 bridgehead atoms. The fourth-order valence-corrected chi connectivity index (χ4v) is 1.65. The largest absolute Gasteiger partial charge is 0.481 e. The quantitative estimate of drug-likeness (QED) is 0.815. The lowest BCUT2D eigenvalue weighted by Crippen LogP contribution is -2.33. The Morgan fingerprint density at radius 3 is 2.38 bits per heavy atom. The molecule has 0 unspecified atom stereocenters. The Hall–Kier alpha value is -2.19. The van der Waals surface area contributed by atoms with E-state index in [1.165, 1.54) is 31.2 Å². The van der Waals surface area contributed by atoms with Gasteiger partial charge in [0.15, 0.2) is 6.61 Å². The molecule has 6 nitrogen and oxygen atoms in total. The minimum atomic E-state index is -4.45. The minimum Gasteiger partial charge on any atom is -0.481 e. The monoisotopic (exact) mass is 350 g/mol. The Balaban J connectivity index is 2.80. The van der Waals surface area contributed by atoms with Crippen LogP contribution in [0.3, 0.4) is 0 Å². The van der Waals surface area contributed by atoms with Gasteiger partial charge in [-0.3, -0.25) is 0 Å². The van der Waals surface area contributed by atoms with Crippen molar-refractivity contribution in [3.8, 4) is 11.8 Å². The normalized spacial score (nSPS) is 11.8. The van der Waals surface area contributed by atoms with E-state index in [2.05, 4.69) is 9.72 Å². The number of nitrogens with zero attached hydrogens (tertiary/aromatic N) is 2. The Morgan fingerprint density at radius 1 is 1.25 bits per heavy atom. The average Bonchev–Trinajstić information content (AvgIpc) is 2.43. The van der Waals surface area contributed by atoms with Gasteiger partial charge in [-0.1, -0.05) is 0 Å². The number of carbonyl (C=O) groups excluding carboxylic acids is 1. The van der Waals surface area contributed by atoms with E-state index in [9.17, 15) is 18.0 Å². The summed E-state index contributed by atoms with van der Waals surface area (Å²) in [5.41, 5.74) is -0.131. The van der Waals surface area contributed by atoms with Crippen LogP contribution in [0, 0.1) is 0 Å². The second-order valence-electron chi connectivity index (χ2n) is 6.06. The molecule has 0 atom stereocenters. The first-order chi connectivity index (χ1) is 10.9. The van der Waals surface area contributed by atoms with Gasteiger partial charge in [-0.25, -0.2) is 4.79 Å². The number of pyridine rings is 1. The standard InChI is InChI=1S/C15H21F3N2O4/c1-14(2,3)24-13(21)20(4)8-10-6-7-11(19-12(10)22-5)23-9-15(16,17)18/h6-7H,8-9H2,1-5H3. The molecular formula is C15H21F3N2O4. The summed E-state index contributed by atoms with van der Waals surface area (Å²) < 4.78 is 51.3. The number of amides is 1. The first kappa shape index (κ1) is 19.9. The van der Waals surface area contributed by atoms with Crippen LogP contribution in [0.4, 0.5) is 18.0 Å². The lowest BCUT2D eigenvalue weighted by Gasteiger charge is -2.25. The fraction of sp³-hybridized carbons (Fsp3) is 0.600. The maximum absolute atomic E-state index is 12.2. The van der Waals surface area contributed by atoms with Crippen molar-refractivity contribution >= 4 is 6.09 Å². The Morgan fingerprint density at radius 2 is 1.88 bits per heavy atom. The van der Waals surface area contributed by atoms with Crippen LogP contribution in [-0.4, -0.2) is 48.5 Å². The molecule has 9 heteroatoms. The zero-order valence-electron chi connectivity index (χ0n) is 14.2. The average molecular weight is 350 g/mol. The van der Waals surface area contributed by atoms with Gasteiger partial charge in [-0.2, -0.15) is 18.2 Å². The molecular weight excluding hydrogens is 329 g/mol. The van der Waals surface area contributed by atoms with Crippen LogP contribution < -0.4 is 9.47 Å². The first-order valence-electron chi connectivity index (χ1n) is 7.09. The second kappa shape index (κ2) is 7.59. The number of halogens is 3. The van der Waals surface area contributed by atoms with E-state index < -0.39 is 24.5 Å². The van der Waals surface area contributed by atoms with E-state index >= 15 is 0 Å². The van der Waals surface area contributed by atoms with Crippen LogP contribution in [0.15, 0.2) is 12.1 Å². The van der Waals surface area contributed by atoms with E-state index in [1.54, 1.807) is 20.8 Å². The van der Waals surface area contributed by atoms with Crippen molar-refractivity contribution < 1.29 is 32.2 Å². The smallest absolute Gasteiger partial charge is 0.422 e. The van der Waals surface area contributed by atoms with Gasteiger partial charge in [0.25, 0.3) is 0 Å². The molecule has 1 aromatic rings. The van der Waals surface area contributed by atoms with Crippen molar-refractivity contribution in [3.05, 3.63) is 17.7 Å². The molecule has 0 saturated heterocycles. The van der Waals surface area contributed by atoms with Crippen LogP contribution in [0.5, 0.6) is 11.8 Å². The van der Waals surface area contributed by atoms with E-state index in [-0.39, 0.29) is 18.3 Å². The fourth-order valence-electron chi connectivity index (χ4n) is 1.65. The molecule has 1 heterocycles. The Bertz CT molecular complexity index is 571. The Labute approximate surface area is 138 Å². The highest BCUT2D eigenvalue weighted by atomic mass is 19.4. The molecule has 0 aromatic carbocycles. The van der Waals surface area contributed by atoms with Gasteiger partial charge in [0, 0.05) is 18.7 Å². The molecule has 24 heavy (non-hydrogen) atoms. The third-order valence-electron chi connectivity index (χ3n) is 2.60. The zero-order valence-corrected chi connectivity index (χ0v) is 14.2. The number of ether oxygens (including phenoxy) is 3. The third-order valence-corrected chi connectivity index (χ3v) is 2.60. The summed E-state index contributed by atoms with van der Waals surface area (Å²) in [5, 5.41) is 0. The summed E-state index contributed by atoms with van der Waals surface area (Å²) in [6.07, 6.45) is -4.99. The van der Waals surface area contributed by atoms with Crippen molar-refractivity contribution in [2.75, 3.05) is 20.8 Å². The van der Waals surface area contributed by atoms with Gasteiger partial charge >= 0.3 is 12.3 Å². The van der Waals surface area contributed by atoms with E-state index in [4.69, 9.17) is 9.47 Å². The van der Waals surface area contributed by atoms with Gasteiger partial charge in [0.1, 0.15) is 5.60 Å². The van der Waals surface area contributed by atoms with Crippen molar-refractivity contribution in [2.24, 2.45) is 0 Å². The Kier molecular flexibility index (Phi) is 6.28. The predicted molar refractivity (Wildman–Crippen MR) is 80.0 cm³/mol. The van der Waals surface area contributed by atoms with Crippen LogP contribution in [0.2, 0.25) is 0 Å². The zero-order chi connectivity index (χ0) is 18.5. The molecule has 0 aliphatic heterocycles. The van der Waals surface area contributed by atoms with Crippen molar-refractivity contribution in [1.29, 1.82) is 0 Å². The molecule has 0 aliphatic carbocycles. The maximum Gasteiger partial charge on any atom is 0.422 e. The van der Waals surface area contributed by atoms with Gasteiger partial charge in [0.2, 0.25) is 11.8 Å². The molecule has 0 radical (unpaired) electrons. The van der Waals surface area contributed by atoms with E-state index in [0.717, 1.165) is 0 Å². The van der Waals surface area contributed by atoms with Crippen molar-refractivity contribution in [1.82, 2.24) is 9.88 Å². The lowest BCUT2D eigenvalue weighted by atomic mass is 10.2. The summed E-state index contributed by atoms with van der Waals surface area (Å²) >= 11 is 0. The van der Waals surface area contributed by atoms with Crippen LogP contribution in [-0.2, 0) is 11.3 Å². The summed E-state index contributed by atoms with van der Waals surface area (Å²) in [5.74, 6) is -0.141. The summed E-state index contributed by atoms with van der Waals surface area (Å²) in [7, 11) is 2.86. The number of hydrogen-bond acceptors (Lipinski definition) is 5. The van der Waals surface area contributed by atoms with Gasteiger partial charge < -0.3 is 19.1 Å². The summed E-state index contributed by atoms with van der Waals surface area (Å²) in [6.45, 7) is 3.90. The lowest BCUT2D eigenvalue weighted by molar-refractivity contribution is -0.154. The van der Waals surface area contributed by atoms with Crippen LogP contribution in [0.25, 0.3) is 0 Å².